The van der Waals surface area contributed by atoms with E-state index >= 15 is 0 Å². The maximum Gasteiger partial charge on any atom is 0.257 e. The molecule has 0 aliphatic heterocycles. The Morgan fingerprint density at radius 2 is 2.11 bits per heavy atom. The van der Waals surface area contributed by atoms with E-state index < -0.39 is 0 Å². The summed E-state index contributed by atoms with van der Waals surface area (Å²) in [5, 5.41) is 3.29. The highest BCUT2D eigenvalue weighted by molar-refractivity contribution is 14.1. The van der Waals surface area contributed by atoms with Crippen LogP contribution in [-0.2, 0) is 0 Å². The van der Waals surface area contributed by atoms with E-state index in [-0.39, 0.29) is 5.91 Å². The zero-order valence-electron chi connectivity index (χ0n) is 9.58. The van der Waals surface area contributed by atoms with Crippen LogP contribution >= 0.6 is 34.2 Å². The number of aromatic nitrogens is 1. The molecule has 18 heavy (non-hydrogen) atoms. The van der Waals surface area contributed by atoms with Crippen LogP contribution in [-0.4, -0.2) is 10.9 Å². The van der Waals surface area contributed by atoms with Gasteiger partial charge in [-0.25, -0.2) is 0 Å². The van der Waals surface area contributed by atoms with E-state index in [1.807, 2.05) is 13.0 Å². The van der Waals surface area contributed by atoms with Gasteiger partial charge in [0, 0.05) is 16.0 Å². The first-order valence-corrected chi connectivity index (χ1v) is 6.70. The topological polar surface area (TPSA) is 42.0 Å². The van der Waals surface area contributed by atoms with Crippen molar-refractivity contribution in [3.05, 3.63) is 56.4 Å². The van der Waals surface area contributed by atoms with Crippen molar-refractivity contribution < 1.29 is 4.79 Å². The van der Waals surface area contributed by atoms with Gasteiger partial charge in [0.2, 0.25) is 0 Å². The first-order valence-electron chi connectivity index (χ1n) is 5.24. The Hall–Kier alpha value is -1.14. The summed E-state index contributed by atoms with van der Waals surface area (Å²) in [6.07, 6.45) is 3.23. The van der Waals surface area contributed by atoms with Gasteiger partial charge in [0.05, 0.1) is 16.3 Å². The molecule has 0 fully saturated rings. The number of hydrogen-bond acceptors (Lipinski definition) is 2. The Balaban J connectivity index is 2.21. The van der Waals surface area contributed by atoms with Gasteiger partial charge in [0.25, 0.3) is 5.91 Å². The number of rotatable bonds is 2. The van der Waals surface area contributed by atoms with Gasteiger partial charge in [-0.2, -0.15) is 0 Å². The van der Waals surface area contributed by atoms with Crippen LogP contribution in [0.5, 0.6) is 0 Å². The van der Waals surface area contributed by atoms with E-state index in [0.29, 0.717) is 16.3 Å². The number of anilines is 1. The largest absolute Gasteiger partial charge is 0.321 e. The molecule has 2 aromatic rings. The Kier molecular flexibility index (Phi) is 4.19. The van der Waals surface area contributed by atoms with E-state index in [4.69, 9.17) is 11.6 Å². The van der Waals surface area contributed by atoms with E-state index in [1.54, 1.807) is 24.4 Å². The molecular formula is C13H10ClIN2O. The van der Waals surface area contributed by atoms with Crippen molar-refractivity contribution in [1.82, 2.24) is 4.98 Å². The van der Waals surface area contributed by atoms with Crippen LogP contribution in [0.25, 0.3) is 0 Å². The summed E-state index contributed by atoms with van der Waals surface area (Å²) in [6, 6.07) is 7.25. The Labute approximate surface area is 124 Å². The minimum absolute atomic E-state index is 0.214. The van der Waals surface area contributed by atoms with Gasteiger partial charge < -0.3 is 5.32 Å². The number of nitrogens with zero attached hydrogens (tertiary/aromatic N) is 1. The Bertz CT molecular complexity index is 601. The summed E-state index contributed by atoms with van der Waals surface area (Å²) in [5.74, 6) is -0.214. The first kappa shape index (κ1) is 13.3. The zero-order valence-corrected chi connectivity index (χ0v) is 12.5. The molecule has 0 bridgehead atoms. The smallest absolute Gasteiger partial charge is 0.257 e. The van der Waals surface area contributed by atoms with Gasteiger partial charge in [-0.1, -0.05) is 11.6 Å². The number of pyridine rings is 1. The molecule has 0 aliphatic carbocycles. The summed E-state index contributed by atoms with van der Waals surface area (Å²) >= 11 is 8.22. The molecule has 0 aliphatic rings. The van der Waals surface area contributed by atoms with E-state index in [9.17, 15) is 4.79 Å². The SMILES string of the molecule is Cc1cncc(C(=O)Nc2ccc(I)cc2Cl)c1. The van der Waals surface area contributed by atoms with E-state index in [1.165, 1.54) is 6.20 Å². The number of amides is 1. The summed E-state index contributed by atoms with van der Waals surface area (Å²) < 4.78 is 1.02. The molecule has 1 aromatic heterocycles. The molecule has 2 rings (SSSR count). The lowest BCUT2D eigenvalue weighted by Crippen LogP contribution is -2.12. The number of aryl methyl sites for hydroxylation is 1. The van der Waals surface area contributed by atoms with Gasteiger partial charge in [-0.15, -0.1) is 0 Å². The van der Waals surface area contributed by atoms with Crippen molar-refractivity contribution in [3.8, 4) is 0 Å². The van der Waals surface area contributed by atoms with Gasteiger partial charge in [0.1, 0.15) is 0 Å². The van der Waals surface area contributed by atoms with Gasteiger partial charge in [-0.3, -0.25) is 9.78 Å². The lowest BCUT2D eigenvalue weighted by molar-refractivity contribution is 0.102. The van der Waals surface area contributed by atoms with Crippen LogP contribution in [0.1, 0.15) is 15.9 Å². The molecule has 0 saturated heterocycles. The fourth-order valence-corrected chi connectivity index (χ4v) is 2.37. The number of halogens is 2. The van der Waals surface area contributed by atoms with Crippen molar-refractivity contribution in [1.29, 1.82) is 0 Å². The third-order valence-corrected chi connectivity index (χ3v) is 3.30. The number of carbonyl (C=O) groups excluding carboxylic acids is 1. The Morgan fingerprint density at radius 1 is 1.33 bits per heavy atom. The van der Waals surface area contributed by atoms with Crippen LogP contribution in [0.15, 0.2) is 36.7 Å². The monoisotopic (exact) mass is 372 g/mol. The minimum atomic E-state index is -0.214. The van der Waals surface area contributed by atoms with Crippen molar-refractivity contribution in [2.45, 2.75) is 6.92 Å². The molecule has 0 saturated carbocycles. The van der Waals surface area contributed by atoms with Crippen LogP contribution in [0, 0.1) is 10.5 Å². The van der Waals surface area contributed by atoms with E-state index in [0.717, 1.165) is 9.13 Å². The standard InChI is InChI=1S/C13H10ClIN2O/c1-8-4-9(7-16-6-8)13(18)17-12-3-2-10(15)5-11(12)14/h2-7H,1H3,(H,17,18). The second-order valence-electron chi connectivity index (χ2n) is 3.83. The summed E-state index contributed by atoms with van der Waals surface area (Å²) in [4.78, 5) is 16.0. The third kappa shape index (κ3) is 3.20. The van der Waals surface area contributed by atoms with Crippen LogP contribution in [0.3, 0.4) is 0 Å². The third-order valence-electron chi connectivity index (χ3n) is 2.32. The van der Waals surface area contributed by atoms with Crippen molar-refractivity contribution in [2.75, 3.05) is 5.32 Å². The summed E-state index contributed by atoms with van der Waals surface area (Å²) in [6.45, 7) is 1.89. The van der Waals surface area contributed by atoms with Crippen LogP contribution < -0.4 is 5.32 Å². The molecule has 92 valence electrons. The maximum absolute atomic E-state index is 12.0. The quantitative estimate of drug-likeness (QED) is 0.813. The molecule has 0 atom stereocenters. The molecule has 3 nitrogen and oxygen atoms in total. The molecule has 0 unspecified atom stereocenters. The lowest BCUT2D eigenvalue weighted by Gasteiger charge is -2.07. The molecule has 1 aromatic carbocycles. The summed E-state index contributed by atoms with van der Waals surface area (Å²) in [5.41, 5.74) is 2.06. The highest BCUT2D eigenvalue weighted by Gasteiger charge is 2.09. The number of nitrogens with one attached hydrogen (secondary N) is 1. The number of benzene rings is 1. The van der Waals surface area contributed by atoms with Crippen LogP contribution in [0.4, 0.5) is 5.69 Å². The molecule has 1 amide bonds. The lowest BCUT2D eigenvalue weighted by atomic mass is 10.2. The second kappa shape index (κ2) is 5.67. The molecule has 0 spiro atoms. The average Bonchev–Trinajstić information content (AvgIpc) is 2.32. The molecular weight excluding hydrogens is 363 g/mol. The second-order valence-corrected chi connectivity index (χ2v) is 5.48. The highest BCUT2D eigenvalue weighted by atomic mass is 127. The molecule has 5 heteroatoms. The summed E-state index contributed by atoms with van der Waals surface area (Å²) in [7, 11) is 0. The fraction of sp³-hybridized carbons (Fsp3) is 0.0769. The Morgan fingerprint density at radius 3 is 2.78 bits per heavy atom. The van der Waals surface area contributed by atoms with E-state index in [2.05, 4.69) is 32.9 Å². The van der Waals surface area contributed by atoms with Crippen molar-refractivity contribution >= 4 is 45.8 Å². The highest BCUT2D eigenvalue weighted by Crippen LogP contribution is 2.24. The minimum Gasteiger partial charge on any atom is -0.321 e. The number of hydrogen-bond donors (Lipinski definition) is 1. The van der Waals surface area contributed by atoms with Gasteiger partial charge in [0.15, 0.2) is 0 Å². The predicted molar refractivity (Wildman–Crippen MR) is 81.1 cm³/mol. The average molecular weight is 373 g/mol. The van der Waals surface area contributed by atoms with Crippen molar-refractivity contribution in [3.63, 3.8) is 0 Å². The van der Waals surface area contributed by atoms with Crippen LogP contribution in [0.2, 0.25) is 5.02 Å². The molecule has 1 N–H and O–H groups in total. The van der Waals surface area contributed by atoms with Gasteiger partial charge >= 0.3 is 0 Å². The predicted octanol–water partition coefficient (Wildman–Crippen LogP) is 3.90. The molecule has 0 radical (unpaired) electrons. The fourth-order valence-electron chi connectivity index (χ4n) is 1.46. The molecule has 1 heterocycles. The number of carbonyl (C=O) groups is 1. The van der Waals surface area contributed by atoms with Crippen molar-refractivity contribution in [2.24, 2.45) is 0 Å². The van der Waals surface area contributed by atoms with Gasteiger partial charge in [-0.05, 0) is 59.3 Å². The maximum atomic E-state index is 12.0. The first-order chi connectivity index (χ1) is 8.56. The normalized spacial score (nSPS) is 10.2. The zero-order chi connectivity index (χ0) is 13.1.